The first-order valence-corrected chi connectivity index (χ1v) is 9.12. The summed E-state index contributed by atoms with van der Waals surface area (Å²) in [5, 5.41) is 4.00. The van der Waals surface area contributed by atoms with Gasteiger partial charge in [-0.3, -0.25) is 0 Å². The van der Waals surface area contributed by atoms with Gasteiger partial charge in [0.25, 0.3) is 0 Å². The van der Waals surface area contributed by atoms with E-state index in [0.29, 0.717) is 11.7 Å². The van der Waals surface area contributed by atoms with E-state index in [0.717, 1.165) is 57.6 Å². The van der Waals surface area contributed by atoms with Gasteiger partial charge in [0.2, 0.25) is 0 Å². The largest absolute Gasteiger partial charge is 0.376 e. The van der Waals surface area contributed by atoms with Gasteiger partial charge >= 0.3 is 0 Å². The van der Waals surface area contributed by atoms with Crippen molar-refractivity contribution in [1.82, 2.24) is 10.2 Å². The second-order valence-corrected chi connectivity index (χ2v) is 6.85. The molecule has 1 aromatic rings. The van der Waals surface area contributed by atoms with Crippen molar-refractivity contribution in [2.75, 3.05) is 26.3 Å². The molecular formula is C18H25FN2O2S. The molecule has 0 bridgehead atoms. The standard InChI is InChI=1S/C18H25FN2O2S/c19-15-5-1-4-14(10-15)12-21(13-17-7-3-9-23-17)18(24)20-11-16-6-2-8-22-16/h1,4-5,10,16-17H,2-3,6-9,11-13H2,(H,20,24). The normalized spacial score (nSPS) is 23.4. The number of thiocarbonyl (C=S) groups is 1. The van der Waals surface area contributed by atoms with E-state index in [-0.39, 0.29) is 18.0 Å². The summed E-state index contributed by atoms with van der Waals surface area (Å²) < 4.78 is 24.8. The molecule has 2 unspecified atom stereocenters. The van der Waals surface area contributed by atoms with E-state index in [9.17, 15) is 4.39 Å². The number of nitrogens with zero attached hydrogens (tertiary/aromatic N) is 1. The maximum atomic E-state index is 13.5. The van der Waals surface area contributed by atoms with Crippen molar-refractivity contribution in [2.45, 2.75) is 44.4 Å². The van der Waals surface area contributed by atoms with Gasteiger partial charge in [-0.2, -0.15) is 0 Å². The lowest BCUT2D eigenvalue weighted by Crippen LogP contribution is -2.45. The van der Waals surface area contributed by atoms with Gasteiger partial charge in [0, 0.05) is 32.8 Å². The average Bonchev–Trinajstić information content (AvgIpc) is 3.26. The van der Waals surface area contributed by atoms with Gasteiger partial charge in [0.05, 0.1) is 12.2 Å². The zero-order valence-electron chi connectivity index (χ0n) is 13.9. The zero-order chi connectivity index (χ0) is 16.8. The summed E-state index contributed by atoms with van der Waals surface area (Å²) in [6.07, 6.45) is 4.76. The molecule has 1 N–H and O–H groups in total. The summed E-state index contributed by atoms with van der Waals surface area (Å²) in [6, 6.07) is 6.68. The quantitative estimate of drug-likeness (QED) is 0.796. The van der Waals surface area contributed by atoms with Crippen molar-refractivity contribution in [3.05, 3.63) is 35.6 Å². The van der Waals surface area contributed by atoms with Gasteiger partial charge in [0.1, 0.15) is 5.82 Å². The minimum Gasteiger partial charge on any atom is -0.376 e. The van der Waals surface area contributed by atoms with E-state index in [4.69, 9.17) is 21.7 Å². The topological polar surface area (TPSA) is 33.7 Å². The Balaban J connectivity index is 1.60. The Kier molecular flexibility index (Phi) is 6.40. The van der Waals surface area contributed by atoms with Crippen LogP contribution in [0.15, 0.2) is 24.3 Å². The number of ether oxygens (including phenoxy) is 2. The highest BCUT2D eigenvalue weighted by Gasteiger charge is 2.22. The molecule has 2 aliphatic rings. The van der Waals surface area contributed by atoms with Crippen LogP contribution in [-0.2, 0) is 16.0 Å². The third-order valence-electron chi connectivity index (χ3n) is 4.50. The predicted molar refractivity (Wildman–Crippen MR) is 95.4 cm³/mol. The molecule has 6 heteroatoms. The first-order valence-electron chi connectivity index (χ1n) is 8.71. The molecule has 4 nitrogen and oxygen atoms in total. The molecule has 24 heavy (non-hydrogen) atoms. The van der Waals surface area contributed by atoms with Crippen LogP contribution in [0.1, 0.15) is 31.2 Å². The molecule has 0 radical (unpaired) electrons. The van der Waals surface area contributed by atoms with Gasteiger partial charge in [-0.15, -0.1) is 0 Å². The third-order valence-corrected chi connectivity index (χ3v) is 4.91. The second-order valence-electron chi connectivity index (χ2n) is 6.47. The minimum atomic E-state index is -0.220. The molecule has 2 aliphatic heterocycles. The van der Waals surface area contributed by atoms with Crippen LogP contribution in [0.2, 0.25) is 0 Å². The summed E-state index contributed by atoms with van der Waals surface area (Å²) in [6.45, 7) is 3.68. The minimum absolute atomic E-state index is 0.195. The number of halogens is 1. The molecule has 0 aromatic heterocycles. The van der Waals surface area contributed by atoms with Crippen LogP contribution >= 0.6 is 12.2 Å². The van der Waals surface area contributed by atoms with Crippen LogP contribution in [0.5, 0.6) is 0 Å². The summed E-state index contributed by atoms with van der Waals surface area (Å²) >= 11 is 5.59. The predicted octanol–water partition coefficient (Wildman–Crippen LogP) is 2.86. The number of nitrogens with one attached hydrogen (secondary N) is 1. The van der Waals surface area contributed by atoms with Gasteiger partial charge in [-0.05, 0) is 55.6 Å². The van der Waals surface area contributed by atoms with Crippen LogP contribution in [0, 0.1) is 5.82 Å². The second kappa shape index (κ2) is 8.74. The van der Waals surface area contributed by atoms with Crippen LogP contribution in [-0.4, -0.2) is 48.5 Å². The van der Waals surface area contributed by atoms with Crippen molar-refractivity contribution in [1.29, 1.82) is 0 Å². The molecule has 2 heterocycles. The highest BCUT2D eigenvalue weighted by molar-refractivity contribution is 7.80. The molecule has 0 spiro atoms. The van der Waals surface area contributed by atoms with Crippen molar-refractivity contribution < 1.29 is 13.9 Å². The van der Waals surface area contributed by atoms with E-state index in [2.05, 4.69) is 10.2 Å². The van der Waals surface area contributed by atoms with Gasteiger partial charge in [0.15, 0.2) is 5.11 Å². The Hall–Kier alpha value is -1.24. The Bertz CT molecular complexity index is 546. The smallest absolute Gasteiger partial charge is 0.169 e. The molecule has 3 rings (SSSR count). The molecule has 2 atom stereocenters. The summed E-state index contributed by atoms with van der Waals surface area (Å²) in [5.74, 6) is -0.220. The van der Waals surface area contributed by atoms with E-state index in [1.54, 1.807) is 12.1 Å². The highest BCUT2D eigenvalue weighted by atomic mass is 32.1. The van der Waals surface area contributed by atoms with Crippen molar-refractivity contribution in [2.24, 2.45) is 0 Å². The lowest BCUT2D eigenvalue weighted by atomic mass is 10.2. The summed E-state index contributed by atoms with van der Waals surface area (Å²) in [5.41, 5.74) is 0.911. The van der Waals surface area contributed by atoms with E-state index < -0.39 is 0 Å². The number of hydrogen-bond acceptors (Lipinski definition) is 3. The van der Waals surface area contributed by atoms with Gasteiger partial charge in [-0.1, -0.05) is 12.1 Å². The molecule has 2 saturated heterocycles. The summed E-state index contributed by atoms with van der Waals surface area (Å²) in [4.78, 5) is 2.08. The van der Waals surface area contributed by atoms with Gasteiger partial charge < -0.3 is 19.7 Å². The number of hydrogen-bond donors (Lipinski definition) is 1. The van der Waals surface area contributed by atoms with Crippen LogP contribution in [0.4, 0.5) is 4.39 Å². The Morgan fingerprint density at radius 3 is 2.62 bits per heavy atom. The number of rotatable bonds is 6. The molecular weight excluding hydrogens is 327 g/mol. The van der Waals surface area contributed by atoms with Crippen LogP contribution < -0.4 is 5.32 Å². The number of benzene rings is 1. The first-order chi connectivity index (χ1) is 11.7. The Morgan fingerprint density at radius 2 is 1.96 bits per heavy atom. The molecule has 0 amide bonds. The SMILES string of the molecule is Fc1cccc(CN(CC2CCCO2)C(=S)NCC2CCCO2)c1. The maximum absolute atomic E-state index is 13.5. The lowest BCUT2D eigenvalue weighted by molar-refractivity contribution is 0.0886. The van der Waals surface area contributed by atoms with Crippen molar-refractivity contribution in [3.63, 3.8) is 0 Å². The monoisotopic (exact) mass is 352 g/mol. The average molecular weight is 352 g/mol. The van der Waals surface area contributed by atoms with E-state index >= 15 is 0 Å². The molecule has 2 fully saturated rings. The fourth-order valence-corrected chi connectivity index (χ4v) is 3.45. The fourth-order valence-electron chi connectivity index (χ4n) is 3.23. The summed E-state index contributed by atoms with van der Waals surface area (Å²) in [7, 11) is 0. The van der Waals surface area contributed by atoms with E-state index in [1.165, 1.54) is 6.07 Å². The lowest BCUT2D eigenvalue weighted by Gasteiger charge is -2.29. The Labute approximate surface area is 148 Å². The van der Waals surface area contributed by atoms with Crippen molar-refractivity contribution >= 4 is 17.3 Å². The van der Waals surface area contributed by atoms with E-state index in [1.807, 2.05) is 6.07 Å². The maximum Gasteiger partial charge on any atom is 0.169 e. The fraction of sp³-hybridized carbons (Fsp3) is 0.611. The molecule has 0 aliphatic carbocycles. The Morgan fingerprint density at radius 1 is 1.21 bits per heavy atom. The highest BCUT2D eigenvalue weighted by Crippen LogP contribution is 2.16. The third kappa shape index (κ3) is 5.13. The molecule has 1 aromatic carbocycles. The van der Waals surface area contributed by atoms with Crippen molar-refractivity contribution in [3.8, 4) is 0 Å². The molecule has 0 saturated carbocycles. The van der Waals surface area contributed by atoms with Crippen LogP contribution in [0.25, 0.3) is 0 Å². The van der Waals surface area contributed by atoms with Gasteiger partial charge in [-0.25, -0.2) is 4.39 Å². The first kappa shape index (κ1) is 17.6. The zero-order valence-corrected chi connectivity index (χ0v) is 14.7. The molecule has 132 valence electrons. The van der Waals surface area contributed by atoms with Crippen LogP contribution in [0.3, 0.4) is 0 Å².